The lowest BCUT2D eigenvalue weighted by molar-refractivity contribution is 0.205. The first kappa shape index (κ1) is 15.8. The zero-order chi connectivity index (χ0) is 16.3. The molecule has 0 aliphatic heterocycles. The minimum absolute atomic E-state index is 0.174. The molecule has 0 fully saturated rings. The average Bonchev–Trinajstić information content (AvgIpc) is 2.82. The van der Waals surface area contributed by atoms with Gasteiger partial charge in [-0.1, -0.05) is 5.16 Å². The quantitative estimate of drug-likeness (QED) is 0.898. The van der Waals surface area contributed by atoms with Crippen LogP contribution in [0.3, 0.4) is 0 Å². The molecule has 0 aliphatic rings. The summed E-state index contributed by atoms with van der Waals surface area (Å²) in [6.45, 7) is 5.99. The monoisotopic (exact) mass is 304 g/mol. The van der Waals surface area contributed by atoms with E-state index in [0.717, 1.165) is 11.3 Å². The molecule has 2 aromatic heterocycles. The molecule has 0 unspecified atom stereocenters. The Balaban J connectivity index is 1.96. The Morgan fingerprint density at radius 1 is 1.36 bits per heavy atom. The van der Waals surface area contributed by atoms with Gasteiger partial charge in [-0.25, -0.2) is 4.79 Å². The van der Waals surface area contributed by atoms with Crippen molar-refractivity contribution in [3.05, 3.63) is 50.8 Å². The number of hydrogen-bond donors (Lipinski definition) is 2. The van der Waals surface area contributed by atoms with E-state index in [2.05, 4.69) is 15.5 Å². The molecule has 118 valence electrons. The van der Waals surface area contributed by atoms with Crippen LogP contribution in [0.2, 0.25) is 0 Å². The molecule has 0 radical (unpaired) electrons. The van der Waals surface area contributed by atoms with Crippen molar-refractivity contribution in [3.63, 3.8) is 0 Å². The summed E-state index contributed by atoms with van der Waals surface area (Å²) in [5.41, 5.74) is 2.73. The average molecular weight is 304 g/mol. The first-order valence-electron chi connectivity index (χ1n) is 6.97. The summed E-state index contributed by atoms with van der Waals surface area (Å²) in [6.07, 6.45) is 0. The molecule has 0 aliphatic carbocycles. The van der Waals surface area contributed by atoms with Gasteiger partial charge in [-0.2, -0.15) is 0 Å². The predicted octanol–water partition coefficient (Wildman–Crippen LogP) is 1.63. The van der Waals surface area contributed by atoms with Gasteiger partial charge in [0.25, 0.3) is 5.56 Å². The van der Waals surface area contributed by atoms with Gasteiger partial charge in [0, 0.05) is 24.4 Å². The molecule has 22 heavy (non-hydrogen) atoms. The Morgan fingerprint density at radius 2 is 2.09 bits per heavy atom. The molecule has 2 heterocycles. The largest absolute Gasteiger partial charge is 0.361 e. The molecule has 0 atom stereocenters. The summed E-state index contributed by atoms with van der Waals surface area (Å²) < 4.78 is 4.96. The Labute approximate surface area is 128 Å². The first-order chi connectivity index (χ1) is 10.4. The second-order valence-corrected chi connectivity index (χ2v) is 5.39. The van der Waals surface area contributed by atoms with E-state index in [9.17, 15) is 9.59 Å². The Morgan fingerprint density at radius 3 is 2.68 bits per heavy atom. The standard InChI is InChI=1S/C15H20N4O3/c1-9-5-10(2)17-14(20)13(9)7-16-15(21)19(4)8-12-6-11(3)22-18-12/h5-6H,7-8H2,1-4H3,(H,16,21)(H,17,20). The van der Waals surface area contributed by atoms with Crippen molar-refractivity contribution >= 4 is 6.03 Å². The van der Waals surface area contributed by atoms with Crippen LogP contribution in [0.15, 0.2) is 21.5 Å². The van der Waals surface area contributed by atoms with Crippen molar-refractivity contribution in [2.75, 3.05) is 7.05 Å². The van der Waals surface area contributed by atoms with E-state index in [0.29, 0.717) is 23.6 Å². The Hall–Kier alpha value is -2.57. The summed E-state index contributed by atoms with van der Waals surface area (Å²) in [5.74, 6) is 0.700. The highest BCUT2D eigenvalue weighted by atomic mass is 16.5. The molecule has 0 saturated carbocycles. The Kier molecular flexibility index (Phi) is 4.65. The van der Waals surface area contributed by atoms with Crippen LogP contribution in [-0.2, 0) is 13.1 Å². The van der Waals surface area contributed by atoms with Crippen LogP contribution in [0.1, 0.15) is 28.3 Å². The van der Waals surface area contributed by atoms with Crippen LogP contribution in [0.25, 0.3) is 0 Å². The van der Waals surface area contributed by atoms with E-state index in [4.69, 9.17) is 4.52 Å². The van der Waals surface area contributed by atoms with Crippen LogP contribution >= 0.6 is 0 Å². The lowest BCUT2D eigenvalue weighted by Gasteiger charge is -2.17. The number of aromatic nitrogens is 2. The molecule has 2 N–H and O–H groups in total. The number of carbonyl (C=O) groups is 1. The molecule has 7 nitrogen and oxygen atoms in total. The number of aryl methyl sites for hydroxylation is 3. The molecule has 0 bridgehead atoms. The highest BCUT2D eigenvalue weighted by Gasteiger charge is 2.13. The number of urea groups is 1. The maximum atomic E-state index is 12.1. The maximum Gasteiger partial charge on any atom is 0.317 e. The molecule has 2 amide bonds. The van der Waals surface area contributed by atoms with Crippen molar-refractivity contribution in [2.45, 2.75) is 33.9 Å². The molecule has 2 rings (SSSR count). The SMILES string of the molecule is Cc1cc(C)c(CNC(=O)N(C)Cc2cc(C)on2)c(=O)[nH]1. The van der Waals surface area contributed by atoms with E-state index in [1.165, 1.54) is 4.90 Å². The summed E-state index contributed by atoms with van der Waals surface area (Å²) >= 11 is 0. The van der Waals surface area contributed by atoms with Crippen molar-refractivity contribution in [1.29, 1.82) is 0 Å². The second-order valence-electron chi connectivity index (χ2n) is 5.39. The fourth-order valence-electron chi connectivity index (χ4n) is 2.21. The van der Waals surface area contributed by atoms with Crippen LogP contribution < -0.4 is 10.9 Å². The number of nitrogens with one attached hydrogen (secondary N) is 2. The molecular weight excluding hydrogens is 284 g/mol. The van der Waals surface area contributed by atoms with Gasteiger partial charge in [-0.15, -0.1) is 0 Å². The summed E-state index contributed by atoms with van der Waals surface area (Å²) in [6, 6.07) is 3.38. The smallest absolute Gasteiger partial charge is 0.317 e. The number of aromatic amines is 1. The van der Waals surface area contributed by atoms with Gasteiger partial charge < -0.3 is 19.7 Å². The summed E-state index contributed by atoms with van der Waals surface area (Å²) in [5, 5.41) is 6.58. The van der Waals surface area contributed by atoms with E-state index >= 15 is 0 Å². The van der Waals surface area contributed by atoms with E-state index in [1.54, 1.807) is 20.0 Å². The minimum atomic E-state index is -0.278. The molecule has 7 heteroatoms. The molecule has 0 aromatic carbocycles. The van der Waals surface area contributed by atoms with Gasteiger partial charge in [-0.05, 0) is 32.4 Å². The number of amides is 2. The van der Waals surface area contributed by atoms with Crippen LogP contribution in [0, 0.1) is 20.8 Å². The fraction of sp³-hybridized carbons (Fsp3) is 0.400. The van der Waals surface area contributed by atoms with Gasteiger partial charge in [0.1, 0.15) is 11.5 Å². The van der Waals surface area contributed by atoms with Gasteiger partial charge in [-0.3, -0.25) is 4.79 Å². The third-order valence-electron chi connectivity index (χ3n) is 3.33. The van der Waals surface area contributed by atoms with Crippen molar-refractivity contribution in [1.82, 2.24) is 20.4 Å². The number of pyridine rings is 1. The number of nitrogens with zero attached hydrogens (tertiary/aromatic N) is 2. The predicted molar refractivity (Wildman–Crippen MR) is 81.5 cm³/mol. The van der Waals surface area contributed by atoms with Crippen molar-refractivity contribution < 1.29 is 9.32 Å². The molecule has 2 aromatic rings. The highest BCUT2D eigenvalue weighted by Crippen LogP contribution is 2.06. The molecular formula is C15H20N4O3. The maximum absolute atomic E-state index is 12.1. The summed E-state index contributed by atoms with van der Waals surface area (Å²) in [7, 11) is 1.66. The molecule has 0 saturated heterocycles. The van der Waals surface area contributed by atoms with E-state index in [-0.39, 0.29) is 18.1 Å². The van der Waals surface area contributed by atoms with Gasteiger partial charge in [0.15, 0.2) is 0 Å². The van der Waals surface area contributed by atoms with Crippen LogP contribution in [0.4, 0.5) is 4.79 Å². The van der Waals surface area contributed by atoms with Gasteiger partial charge in [0.2, 0.25) is 0 Å². The topological polar surface area (TPSA) is 91.2 Å². The number of carbonyl (C=O) groups excluding carboxylic acids is 1. The van der Waals surface area contributed by atoms with Gasteiger partial charge in [0.05, 0.1) is 13.1 Å². The number of rotatable bonds is 4. The highest BCUT2D eigenvalue weighted by molar-refractivity contribution is 5.73. The summed E-state index contributed by atoms with van der Waals surface area (Å²) in [4.78, 5) is 28.2. The number of H-pyrrole nitrogens is 1. The number of hydrogen-bond acceptors (Lipinski definition) is 4. The molecule has 0 spiro atoms. The third-order valence-corrected chi connectivity index (χ3v) is 3.33. The zero-order valence-corrected chi connectivity index (χ0v) is 13.2. The lowest BCUT2D eigenvalue weighted by atomic mass is 10.1. The first-order valence-corrected chi connectivity index (χ1v) is 6.97. The van der Waals surface area contributed by atoms with Crippen LogP contribution in [0.5, 0.6) is 0 Å². The Bertz CT molecular complexity index is 733. The van der Waals surface area contributed by atoms with E-state index in [1.807, 2.05) is 19.9 Å². The fourth-order valence-corrected chi connectivity index (χ4v) is 2.21. The van der Waals surface area contributed by atoms with Crippen molar-refractivity contribution in [2.24, 2.45) is 0 Å². The zero-order valence-electron chi connectivity index (χ0n) is 13.2. The third kappa shape index (κ3) is 3.75. The normalized spacial score (nSPS) is 10.5. The van der Waals surface area contributed by atoms with Crippen LogP contribution in [-0.4, -0.2) is 28.1 Å². The van der Waals surface area contributed by atoms with Crippen molar-refractivity contribution in [3.8, 4) is 0 Å². The minimum Gasteiger partial charge on any atom is -0.361 e. The van der Waals surface area contributed by atoms with E-state index < -0.39 is 0 Å². The second kappa shape index (κ2) is 6.46. The lowest BCUT2D eigenvalue weighted by Crippen LogP contribution is -2.37. The van der Waals surface area contributed by atoms with Gasteiger partial charge >= 0.3 is 6.03 Å².